The van der Waals surface area contributed by atoms with Gasteiger partial charge in [-0.1, -0.05) is 38.3 Å². The summed E-state index contributed by atoms with van der Waals surface area (Å²) in [7, 11) is -3.50. The first kappa shape index (κ1) is 17.0. The topological polar surface area (TPSA) is 46.2 Å². The van der Waals surface area contributed by atoms with Gasteiger partial charge in [0.2, 0.25) is 10.0 Å². The Hall–Kier alpha value is -0.100. The minimum atomic E-state index is -3.50. The Kier molecular flexibility index (Phi) is 6.30. The molecule has 0 saturated carbocycles. The van der Waals surface area contributed by atoms with Crippen molar-refractivity contribution in [3.8, 4) is 0 Å². The first-order valence-electron chi connectivity index (χ1n) is 6.29. The summed E-state index contributed by atoms with van der Waals surface area (Å²) in [5.41, 5.74) is 0. The second-order valence-electron chi connectivity index (χ2n) is 4.56. The normalized spacial score (nSPS) is 13.8. The molecule has 1 rings (SSSR count). The van der Waals surface area contributed by atoms with Crippen molar-refractivity contribution < 1.29 is 8.42 Å². The molecule has 0 fully saturated rings. The van der Waals surface area contributed by atoms with Crippen LogP contribution in [0.4, 0.5) is 0 Å². The van der Waals surface area contributed by atoms with Crippen LogP contribution in [-0.4, -0.2) is 14.5 Å². The van der Waals surface area contributed by atoms with E-state index in [1.807, 2.05) is 6.92 Å². The lowest BCUT2D eigenvalue weighted by atomic mass is 9.96. The van der Waals surface area contributed by atoms with Crippen molar-refractivity contribution in [2.75, 3.05) is 0 Å². The lowest BCUT2D eigenvalue weighted by molar-refractivity contribution is 0.391. The van der Waals surface area contributed by atoms with E-state index in [-0.39, 0.29) is 10.9 Å². The van der Waals surface area contributed by atoms with Crippen molar-refractivity contribution in [2.24, 2.45) is 5.92 Å². The quantitative estimate of drug-likeness (QED) is 0.817. The molecular formula is C13H19BrClNO2S. The molecule has 108 valence electrons. The Morgan fingerprint density at radius 1 is 1.32 bits per heavy atom. The van der Waals surface area contributed by atoms with Crippen molar-refractivity contribution >= 4 is 37.6 Å². The number of nitrogens with one attached hydrogen (secondary N) is 1. The predicted octanol–water partition coefficient (Wildman–Crippen LogP) is 4.21. The van der Waals surface area contributed by atoms with Gasteiger partial charge in [0, 0.05) is 10.5 Å². The summed E-state index contributed by atoms with van der Waals surface area (Å²) < 4.78 is 27.8. The van der Waals surface area contributed by atoms with Crippen LogP contribution in [0.3, 0.4) is 0 Å². The maximum Gasteiger partial charge on any atom is 0.240 e. The van der Waals surface area contributed by atoms with Gasteiger partial charge in [-0.15, -0.1) is 0 Å². The standard InChI is InChI=1S/C13H19BrClNO2S/c1-4-10(5-2)9(3)16-19(17,18)11-6-7-13(15)12(14)8-11/h6-10,16H,4-5H2,1-3H3. The van der Waals surface area contributed by atoms with Crippen LogP contribution in [0.2, 0.25) is 5.02 Å². The lowest BCUT2D eigenvalue weighted by Crippen LogP contribution is -2.37. The van der Waals surface area contributed by atoms with Crippen LogP contribution in [-0.2, 0) is 10.0 Å². The maximum absolute atomic E-state index is 12.3. The van der Waals surface area contributed by atoms with E-state index < -0.39 is 10.0 Å². The molecule has 1 unspecified atom stereocenters. The minimum absolute atomic E-state index is 0.0885. The van der Waals surface area contributed by atoms with Crippen molar-refractivity contribution in [1.29, 1.82) is 0 Å². The smallest absolute Gasteiger partial charge is 0.208 e. The second kappa shape index (κ2) is 7.07. The highest BCUT2D eigenvalue weighted by Gasteiger charge is 2.22. The predicted molar refractivity (Wildman–Crippen MR) is 83.0 cm³/mol. The zero-order chi connectivity index (χ0) is 14.6. The molecule has 0 spiro atoms. The van der Waals surface area contributed by atoms with Crippen LogP contribution in [0.15, 0.2) is 27.6 Å². The zero-order valence-corrected chi connectivity index (χ0v) is 14.4. The SMILES string of the molecule is CCC(CC)C(C)NS(=O)(=O)c1ccc(Cl)c(Br)c1. The monoisotopic (exact) mass is 367 g/mol. The fourth-order valence-corrected chi connectivity index (χ4v) is 4.03. The average molecular weight is 369 g/mol. The Balaban J connectivity index is 2.95. The summed E-state index contributed by atoms with van der Waals surface area (Å²) in [5, 5.41) is 0.493. The number of halogens is 2. The minimum Gasteiger partial charge on any atom is -0.208 e. The number of hydrogen-bond acceptors (Lipinski definition) is 2. The van der Waals surface area contributed by atoms with E-state index in [9.17, 15) is 8.42 Å². The molecule has 0 aliphatic rings. The van der Waals surface area contributed by atoms with Crippen LogP contribution < -0.4 is 4.72 Å². The van der Waals surface area contributed by atoms with Gasteiger partial charge in [-0.3, -0.25) is 0 Å². The summed E-state index contributed by atoms with van der Waals surface area (Å²) in [6, 6.07) is 4.51. The molecule has 19 heavy (non-hydrogen) atoms. The van der Waals surface area contributed by atoms with E-state index in [1.54, 1.807) is 6.07 Å². The Bertz CT molecular complexity index is 529. The third kappa shape index (κ3) is 4.45. The van der Waals surface area contributed by atoms with Crippen molar-refractivity contribution in [3.63, 3.8) is 0 Å². The average Bonchev–Trinajstić information content (AvgIpc) is 2.33. The van der Waals surface area contributed by atoms with Gasteiger partial charge in [0.05, 0.1) is 9.92 Å². The van der Waals surface area contributed by atoms with Crippen LogP contribution in [0.25, 0.3) is 0 Å². The number of benzene rings is 1. The molecular weight excluding hydrogens is 350 g/mol. The van der Waals surface area contributed by atoms with E-state index >= 15 is 0 Å². The first-order chi connectivity index (χ1) is 8.81. The number of hydrogen-bond donors (Lipinski definition) is 1. The highest BCUT2D eigenvalue weighted by Crippen LogP contribution is 2.25. The fourth-order valence-electron chi connectivity index (χ4n) is 2.05. The van der Waals surface area contributed by atoms with E-state index in [4.69, 9.17) is 11.6 Å². The lowest BCUT2D eigenvalue weighted by Gasteiger charge is -2.22. The Labute approximate surface area is 128 Å². The summed E-state index contributed by atoms with van der Waals surface area (Å²) in [4.78, 5) is 0.224. The number of rotatable bonds is 6. The van der Waals surface area contributed by atoms with Gasteiger partial charge in [0.15, 0.2) is 0 Å². The van der Waals surface area contributed by atoms with E-state index in [0.29, 0.717) is 15.4 Å². The van der Waals surface area contributed by atoms with Gasteiger partial charge in [-0.05, 0) is 47.0 Å². The third-order valence-corrected chi connectivity index (χ3v) is 6.07. The molecule has 0 bridgehead atoms. The summed E-state index contributed by atoms with van der Waals surface area (Å²) in [6.45, 7) is 6.04. The van der Waals surface area contributed by atoms with Gasteiger partial charge in [0.1, 0.15) is 0 Å². The van der Waals surface area contributed by atoms with Crippen molar-refractivity contribution in [1.82, 2.24) is 4.72 Å². The van der Waals surface area contributed by atoms with Gasteiger partial charge < -0.3 is 0 Å². The highest BCUT2D eigenvalue weighted by atomic mass is 79.9. The molecule has 0 heterocycles. The summed E-state index contributed by atoms with van der Waals surface area (Å²) in [6.07, 6.45) is 1.90. The molecule has 0 aliphatic carbocycles. The molecule has 0 saturated heterocycles. The van der Waals surface area contributed by atoms with Crippen LogP contribution in [0.1, 0.15) is 33.6 Å². The summed E-state index contributed by atoms with van der Waals surface area (Å²) >= 11 is 9.11. The molecule has 0 aliphatic heterocycles. The molecule has 0 amide bonds. The molecule has 6 heteroatoms. The number of sulfonamides is 1. The molecule has 1 aromatic carbocycles. The molecule has 3 nitrogen and oxygen atoms in total. The Morgan fingerprint density at radius 3 is 2.37 bits per heavy atom. The molecule has 1 aromatic rings. The summed E-state index contributed by atoms with van der Waals surface area (Å²) in [5.74, 6) is 0.338. The molecule has 0 radical (unpaired) electrons. The van der Waals surface area contributed by atoms with Gasteiger partial charge in [0.25, 0.3) is 0 Å². The molecule has 0 aromatic heterocycles. The third-order valence-electron chi connectivity index (χ3n) is 3.30. The van der Waals surface area contributed by atoms with Crippen LogP contribution in [0.5, 0.6) is 0 Å². The van der Waals surface area contributed by atoms with Crippen molar-refractivity contribution in [3.05, 3.63) is 27.7 Å². The van der Waals surface area contributed by atoms with Crippen LogP contribution >= 0.6 is 27.5 Å². The van der Waals surface area contributed by atoms with E-state index in [0.717, 1.165) is 12.8 Å². The Morgan fingerprint density at radius 2 is 1.89 bits per heavy atom. The maximum atomic E-state index is 12.3. The van der Waals surface area contributed by atoms with E-state index in [1.165, 1.54) is 12.1 Å². The molecule has 1 atom stereocenters. The highest BCUT2D eigenvalue weighted by molar-refractivity contribution is 9.10. The molecule has 1 N–H and O–H groups in total. The van der Waals surface area contributed by atoms with Crippen molar-refractivity contribution in [2.45, 2.75) is 44.6 Å². The second-order valence-corrected chi connectivity index (χ2v) is 7.54. The van der Waals surface area contributed by atoms with Gasteiger partial charge in [-0.2, -0.15) is 0 Å². The first-order valence-corrected chi connectivity index (χ1v) is 8.94. The van der Waals surface area contributed by atoms with E-state index in [2.05, 4.69) is 34.5 Å². The van der Waals surface area contributed by atoms with Crippen LogP contribution in [0, 0.1) is 5.92 Å². The largest absolute Gasteiger partial charge is 0.240 e. The van der Waals surface area contributed by atoms with Gasteiger partial charge in [-0.25, -0.2) is 13.1 Å². The van der Waals surface area contributed by atoms with Gasteiger partial charge >= 0.3 is 0 Å². The fraction of sp³-hybridized carbons (Fsp3) is 0.538. The zero-order valence-electron chi connectivity index (χ0n) is 11.3.